The van der Waals surface area contributed by atoms with E-state index in [0.29, 0.717) is 24.6 Å². The quantitative estimate of drug-likeness (QED) is 0.737. The highest BCUT2D eigenvalue weighted by atomic mass is 19.1. The first-order valence-corrected chi connectivity index (χ1v) is 4.56. The molecule has 80 valence electrons. The van der Waals surface area contributed by atoms with Gasteiger partial charge in [0.05, 0.1) is 12.2 Å². The Labute approximate surface area is 85.9 Å². The molecule has 1 amide bonds. The molecule has 15 heavy (non-hydrogen) atoms. The highest BCUT2D eigenvalue weighted by Crippen LogP contribution is 2.31. The van der Waals surface area contributed by atoms with Gasteiger partial charge in [-0.25, -0.2) is 4.39 Å². The van der Waals surface area contributed by atoms with Crippen LogP contribution < -0.4 is 9.64 Å². The van der Waals surface area contributed by atoms with Crippen molar-refractivity contribution in [3.8, 4) is 5.75 Å². The zero-order valence-electron chi connectivity index (χ0n) is 7.94. The van der Waals surface area contributed by atoms with Crippen LogP contribution in [0.3, 0.4) is 0 Å². The van der Waals surface area contributed by atoms with Crippen molar-refractivity contribution in [3.05, 3.63) is 24.0 Å². The maximum atomic E-state index is 12.9. The Morgan fingerprint density at radius 2 is 2.40 bits per heavy atom. The zero-order chi connectivity index (χ0) is 10.8. The van der Waals surface area contributed by atoms with E-state index in [1.807, 2.05) is 0 Å². The Balaban J connectivity index is 2.38. The lowest BCUT2D eigenvalue weighted by Crippen LogP contribution is -2.39. The number of rotatable bonds is 1. The molecule has 1 heterocycles. The van der Waals surface area contributed by atoms with E-state index >= 15 is 0 Å². The van der Waals surface area contributed by atoms with Gasteiger partial charge in [-0.05, 0) is 12.1 Å². The highest BCUT2D eigenvalue weighted by Gasteiger charge is 2.23. The van der Waals surface area contributed by atoms with Gasteiger partial charge < -0.3 is 14.7 Å². The van der Waals surface area contributed by atoms with Crippen molar-refractivity contribution in [2.75, 3.05) is 24.7 Å². The maximum Gasteiger partial charge on any atom is 0.252 e. The number of amides is 1. The summed E-state index contributed by atoms with van der Waals surface area (Å²) in [5.74, 6) is -0.485. The highest BCUT2D eigenvalue weighted by molar-refractivity contribution is 5.95. The molecule has 0 saturated carbocycles. The molecule has 4 nitrogen and oxygen atoms in total. The number of carbonyl (C=O) groups is 1. The lowest BCUT2D eigenvalue weighted by Gasteiger charge is -2.28. The van der Waals surface area contributed by atoms with Gasteiger partial charge in [-0.3, -0.25) is 4.79 Å². The number of hydrogen-bond donors (Lipinski definition) is 1. The second-order valence-electron chi connectivity index (χ2n) is 3.16. The van der Waals surface area contributed by atoms with E-state index < -0.39 is 18.3 Å². The third-order valence-corrected chi connectivity index (χ3v) is 2.22. The minimum atomic E-state index is -0.559. The van der Waals surface area contributed by atoms with Gasteiger partial charge in [-0.1, -0.05) is 0 Å². The Kier molecular flexibility index (Phi) is 2.55. The molecular formula is C10H10FNO3. The van der Waals surface area contributed by atoms with E-state index in [0.717, 1.165) is 0 Å². The molecular weight excluding hydrogens is 201 g/mol. The van der Waals surface area contributed by atoms with Crippen LogP contribution in [0, 0.1) is 5.82 Å². The molecule has 1 aliphatic heterocycles. The summed E-state index contributed by atoms with van der Waals surface area (Å²) < 4.78 is 18.1. The number of benzene rings is 1. The Hall–Kier alpha value is -1.62. The predicted octanol–water partition coefficient (Wildman–Crippen LogP) is 0.543. The molecule has 0 spiro atoms. The van der Waals surface area contributed by atoms with Crippen molar-refractivity contribution in [1.82, 2.24) is 0 Å². The number of nitrogens with zero attached hydrogens (tertiary/aromatic N) is 1. The fraction of sp³-hybridized carbons (Fsp3) is 0.300. The summed E-state index contributed by atoms with van der Waals surface area (Å²) in [4.78, 5) is 12.7. The molecule has 0 aromatic heterocycles. The van der Waals surface area contributed by atoms with Gasteiger partial charge in [0.2, 0.25) is 0 Å². The molecule has 0 saturated heterocycles. The van der Waals surface area contributed by atoms with E-state index in [1.54, 1.807) is 0 Å². The van der Waals surface area contributed by atoms with Crippen LogP contribution in [0.5, 0.6) is 5.75 Å². The maximum absolute atomic E-state index is 12.9. The summed E-state index contributed by atoms with van der Waals surface area (Å²) in [6, 6.07) is 3.95. The second-order valence-corrected chi connectivity index (χ2v) is 3.16. The van der Waals surface area contributed by atoms with Crippen LogP contribution in [0.25, 0.3) is 0 Å². The van der Waals surface area contributed by atoms with Crippen molar-refractivity contribution < 1.29 is 19.0 Å². The fourth-order valence-corrected chi connectivity index (χ4v) is 1.54. The first-order valence-electron chi connectivity index (χ1n) is 4.56. The minimum Gasteiger partial charge on any atom is -0.489 e. The standard InChI is InChI=1S/C10H10FNO3/c11-7-1-2-8-9(5-7)15-4-3-12(8)10(14)6-13/h1-2,5,13H,3-4,6H2. The normalized spacial score (nSPS) is 14.4. The number of carbonyl (C=O) groups excluding carboxylic acids is 1. The molecule has 0 radical (unpaired) electrons. The van der Waals surface area contributed by atoms with E-state index in [4.69, 9.17) is 9.84 Å². The lowest BCUT2D eigenvalue weighted by molar-refractivity contribution is -0.121. The Morgan fingerprint density at radius 1 is 1.60 bits per heavy atom. The molecule has 0 fully saturated rings. The Bertz CT molecular complexity index is 394. The summed E-state index contributed by atoms with van der Waals surface area (Å²) in [7, 11) is 0. The molecule has 0 atom stereocenters. The van der Waals surface area contributed by atoms with Crippen molar-refractivity contribution in [2.45, 2.75) is 0 Å². The van der Waals surface area contributed by atoms with Crippen LogP contribution in [0.1, 0.15) is 0 Å². The first kappa shape index (κ1) is 9.92. The second kappa shape index (κ2) is 3.86. The van der Waals surface area contributed by atoms with Gasteiger partial charge in [0.15, 0.2) is 0 Å². The summed E-state index contributed by atoms with van der Waals surface area (Å²) >= 11 is 0. The molecule has 2 rings (SSSR count). The summed E-state index contributed by atoms with van der Waals surface area (Å²) in [5.41, 5.74) is 0.502. The summed E-state index contributed by atoms with van der Waals surface area (Å²) in [6.07, 6.45) is 0. The molecule has 5 heteroatoms. The van der Waals surface area contributed by atoms with Gasteiger partial charge in [0.25, 0.3) is 5.91 Å². The van der Waals surface area contributed by atoms with Gasteiger partial charge >= 0.3 is 0 Å². The molecule has 1 aliphatic rings. The van der Waals surface area contributed by atoms with Gasteiger partial charge in [0.1, 0.15) is 24.8 Å². The van der Waals surface area contributed by atoms with Crippen LogP contribution in [0.2, 0.25) is 0 Å². The first-order chi connectivity index (χ1) is 7.22. The van der Waals surface area contributed by atoms with Crippen LogP contribution >= 0.6 is 0 Å². The smallest absolute Gasteiger partial charge is 0.252 e. The number of ether oxygens (including phenoxy) is 1. The van der Waals surface area contributed by atoms with Gasteiger partial charge in [-0.15, -0.1) is 0 Å². The predicted molar refractivity (Wildman–Crippen MR) is 51.3 cm³/mol. The van der Waals surface area contributed by atoms with Crippen molar-refractivity contribution in [3.63, 3.8) is 0 Å². The lowest BCUT2D eigenvalue weighted by atomic mass is 10.2. The summed E-state index contributed by atoms with van der Waals surface area (Å²) in [5, 5.41) is 8.76. The molecule has 0 unspecified atom stereocenters. The zero-order valence-corrected chi connectivity index (χ0v) is 7.94. The van der Waals surface area contributed by atoms with Gasteiger partial charge in [-0.2, -0.15) is 0 Å². The number of hydrogen-bond acceptors (Lipinski definition) is 3. The van der Waals surface area contributed by atoms with Crippen LogP contribution in [-0.2, 0) is 4.79 Å². The molecule has 1 N–H and O–H groups in total. The van der Waals surface area contributed by atoms with Crippen LogP contribution in [0.4, 0.5) is 10.1 Å². The third-order valence-electron chi connectivity index (χ3n) is 2.22. The SMILES string of the molecule is O=C(CO)N1CCOc2cc(F)ccc21. The van der Waals surface area contributed by atoms with Crippen LogP contribution in [-0.4, -0.2) is 30.8 Å². The summed E-state index contributed by atoms with van der Waals surface area (Å²) in [6.45, 7) is 0.122. The third kappa shape index (κ3) is 1.78. The molecule has 0 bridgehead atoms. The van der Waals surface area contributed by atoms with Crippen LogP contribution in [0.15, 0.2) is 18.2 Å². The van der Waals surface area contributed by atoms with Crippen molar-refractivity contribution in [1.29, 1.82) is 0 Å². The van der Waals surface area contributed by atoms with E-state index in [1.165, 1.54) is 23.1 Å². The fourth-order valence-electron chi connectivity index (χ4n) is 1.54. The molecule has 0 aliphatic carbocycles. The number of fused-ring (bicyclic) bond motifs is 1. The average molecular weight is 211 g/mol. The van der Waals surface area contributed by atoms with Crippen molar-refractivity contribution >= 4 is 11.6 Å². The molecule has 1 aromatic rings. The average Bonchev–Trinajstić information content (AvgIpc) is 2.26. The van der Waals surface area contributed by atoms with E-state index in [-0.39, 0.29) is 0 Å². The Morgan fingerprint density at radius 3 is 3.13 bits per heavy atom. The number of aliphatic hydroxyl groups is 1. The number of halogens is 1. The van der Waals surface area contributed by atoms with E-state index in [9.17, 15) is 9.18 Å². The molecule has 1 aromatic carbocycles. The minimum absolute atomic E-state index is 0.308. The van der Waals surface area contributed by atoms with Crippen molar-refractivity contribution in [2.24, 2.45) is 0 Å². The van der Waals surface area contributed by atoms with E-state index in [2.05, 4.69) is 0 Å². The monoisotopic (exact) mass is 211 g/mol. The number of anilines is 1. The van der Waals surface area contributed by atoms with Gasteiger partial charge in [0, 0.05) is 6.07 Å². The topological polar surface area (TPSA) is 49.8 Å². The number of aliphatic hydroxyl groups excluding tert-OH is 1. The largest absolute Gasteiger partial charge is 0.489 e.